The lowest BCUT2D eigenvalue weighted by Crippen LogP contribution is -2.65. The van der Waals surface area contributed by atoms with E-state index in [0.717, 1.165) is 0 Å². The molecular weight excluding hydrogens is 206 g/mol. The topological polar surface area (TPSA) is 76.4 Å². The van der Waals surface area contributed by atoms with Gasteiger partial charge in [0.1, 0.15) is 0 Å². The lowest BCUT2D eigenvalue weighted by atomic mass is 9.83. The Morgan fingerprint density at radius 3 is 2.75 bits per heavy atom. The largest absolute Gasteiger partial charge is 0.387 e. The zero-order chi connectivity index (χ0) is 12.2. The van der Waals surface area contributed by atoms with Crippen molar-refractivity contribution in [2.75, 3.05) is 26.2 Å². The molecule has 0 atom stereocenters. The zero-order valence-electron chi connectivity index (χ0n) is 9.86. The van der Waals surface area contributed by atoms with Crippen molar-refractivity contribution in [3.63, 3.8) is 0 Å². The normalized spacial score (nSPS) is 18.9. The molecule has 0 saturated carbocycles. The van der Waals surface area contributed by atoms with Gasteiger partial charge in [-0.25, -0.2) is 0 Å². The van der Waals surface area contributed by atoms with Crippen LogP contribution < -0.4 is 5.32 Å². The van der Waals surface area contributed by atoms with Crippen molar-refractivity contribution in [3.05, 3.63) is 0 Å². The van der Waals surface area contributed by atoms with Crippen LogP contribution in [0.1, 0.15) is 20.3 Å². The lowest BCUT2D eigenvalue weighted by molar-refractivity contribution is -0.142. The van der Waals surface area contributed by atoms with E-state index in [9.17, 15) is 9.90 Å². The summed E-state index contributed by atoms with van der Waals surface area (Å²) in [5, 5.41) is 20.9. The summed E-state index contributed by atoms with van der Waals surface area (Å²) in [6.07, 6.45) is 0.335. The van der Waals surface area contributed by atoms with Crippen molar-refractivity contribution >= 4 is 5.91 Å². The predicted molar refractivity (Wildman–Crippen MR) is 59.5 cm³/mol. The van der Waals surface area contributed by atoms with E-state index in [2.05, 4.69) is 5.32 Å². The second kappa shape index (κ2) is 5.28. The van der Waals surface area contributed by atoms with E-state index in [0.29, 0.717) is 32.6 Å². The third-order valence-electron chi connectivity index (χ3n) is 3.00. The van der Waals surface area contributed by atoms with Gasteiger partial charge in [-0.15, -0.1) is 0 Å². The van der Waals surface area contributed by atoms with Gasteiger partial charge < -0.3 is 10.4 Å². The summed E-state index contributed by atoms with van der Waals surface area (Å²) in [4.78, 5) is 13.3. The van der Waals surface area contributed by atoms with Gasteiger partial charge in [0.15, 0.2) is 0 Å². The Labute approximate surface area is 96.0 Å². The molecule has 1 aliphatic heterocycles. The third kappa shape index (κ3) is 3.19. The molecule has 1 amide bonds. The summed E-state index contributed by atoms with van der Waals surface area (Å²) >= 11 is 0. The van der Waals surface area contributed by atoms with E-state index in [1.165, 1.54) is 0 Å². The second-order valence-corrected chi connectivity index (χ2v) is 4.66. The standard InChI is InChI=1S/C11H19N3O2/c1-9(2)11(16)7-14(8-11)6-10(15)13-5-3-4-12/h9,16H,3,5-8H2,1-2H3,(H,13,15). The fraction of sp³-hybridized carbons (Fsp3) is 0.818. The number of likely N-dealkylation sites (tertiary alicyclic amines) is 1. The van der Waals surface area contributed by atoms with Crippen LogP contribution in [0.3, 0.4) is 0 Å². The number of carbonyl (C=O) groups is 1. The van der Waals surface area contributed by atoms with Gasteiger partial charge >= 0.3 is 0 Å². The molecule has 0 spiro atoms. The minimum Gasteiger partial charge on any atom is -0.387 e. The van der Waals surface area contributed by atoms with E-state index in [-0.39, 0.29) is 11.8 Å². The molecule has 0 unspecified atom stereocenters. The Kier molecular flexibility index (Phi) is 4.27. The number of aliphatic hydroxyl groups is 1. The molecule has 0 bridgehead atoms. The molecule has 1 aliphatic rings. The van der Waals surface area contributed by atoms with Crippen molar-refractivity contribution in [2.24, 2.45) is 5.92 Å². The van der Waals surface area contributed by atoms with Gasteiger partial charge in [-0.3, -0.25) is 9.69 Å². The maximum Gasteiger partial charge on any atom is 0.234 e. The molecule has 0 aromatic rings. The Morgan fingerprint density at radius 2 is 2.25 bits per heavy atom. The summed E-state index contributed by atoms with van der Waals surface area (Å²) in [6.45, 7) is 5.76. The number of hydrogen-bond acceptors (Lipinski definition) is 4. The van der Waals surface area contributed by atoms with Crippen LogP contribution >= 0.6 is 0 Å². The number of rotatable bonds is 5. The molecule has 1 saturated heterocycles. The maximum atomic E-state index is 11.4. The monoisotopic (exact) mass is 225 g/mol. The molecule has 5 nitrogen and oxygen atoms in total. The molecule has 2 N–H and O–H groups in total. The van der Waals surface area contributed by atoms with E-state index in [1.807, 2.05) is 24.8 Å². The highest BCUT2D eigenvalue weighted by atomic mass is 16.3. The summed E-state index contributed by atoms with van der Waals surface area (Å²) in [5.41, 5.74) is -0.632. The molecule has 0 aromatic heterocycles. The molecule has 90 valence electrons. The average molecular weight is 225 g/mol. The Bertz CT molecular complexity index is 290. The van der Waals surface area contributed by atoms with Gasteiger partial charge in [0, 0.05) is 19.6 Å². The number of nitriles is 1. The minimum atomic E-state index is -0.632. The van der Waals surface area contributed by atoms with Crippen LogP contribution in [0.2, 0.25) is 0 Å². The highest BCUT2D eigenvalue weighted by molar-refractivity contribution is 5.78. The van der Waals surface area contributed by atoms with Crippen molar-refractivity contribution in [1.82, 2.24) is 10.2 Å². The first-order chi connectivity index (χ1) is 7.48. The number of hydrogen-bond donors (Lipinski definition) is 2. The van der Waals surface area contributed by atoms with Gasteiger partial charge in [-0.1, -0.05) is 13.8 Å². The van der Waals surface area contributed by atoms with Crippen molar-refractivity contribution in [1.29, 1.82) is 5.26 Å². The Balaban J connectivity index is 2.17. The molecule has 1 rings (SSSR count). The minimum absolute atomic E-state index is 0.0824. The first kappa shape index (κ1) is 12.9. The van der Waals surface area contributed by atoms with Gasteiger partial charge in [0.2, 0.25) is 5.91 Å². The fourth-order valence-electron chi connectivity index (χ4n) is 1.72. The van der Waals surface area contributed by atoms with Gasteiger partial charge in [-0.05, 0) is 5.92 Å². The van der Waals surface area contributed by atoms with Crippen LogP contribution in [0.25, 0.3) is 0 Å². The molecule has 0 aliphatic carbocycles. The highest BCUT2D eigenvalue weighted by Crippen LogP contribution is 2.27. The van der Waals surface area contributed by atoms with Gasteiger partial charge in [-0.2, -0.15) is 5.26 Å². The van der Waals surface area contributed by atoms with Crippen LogP contribution in [-0.2, 0) is 4.79 Å². The Hall–Kier alpha value is -1.12. The van der Waals surface area contributed by atoms with E-state index in [4.69, 9.17) is 5.26 Å². The number of carbonyl (C=O) groups excluding carboxylic acids is 1. The molecule has 0 aromatic carbocycles. The first-order valence-corrected chi connectivity index (χ1v) is 5.56. The van der Waals surface area contributed by atoms with Crippen molar-refractivity contribution in [3.8, 4) is 6.07 Å². The summed E-state index contributed by atoms with van der Waals surface area (Å²) < 4.78 is 0. The summed E-state index contributed by atoms with van der Waals surface area (Å²) in [7, 11) is 0. The van der Waals surface area contributed by atoms with Crippen LogP contribution in [0, 0.1) is 17.2 Å². The SMILES string of the molecule is CC(C)C1(O)CN(CC(=O)NCCC#N)C1. The fourth-order valence-corrected chi connectivity index (χ4v) is 1.72. The molecule has 0 radical (unpaired) electrons. The van der Waals surface area contributed by atoms with Crippen molar-refractivity contribution < 1.29 is 9.90 Å². The summed E-state index contributed by atoms with van der Waals surface area (Å²) in [5.74, 6) is 0.131. The average Bonchev–Trinajstić information content (AvgIpc) is 2.15. The van der Waals surface area contributed by atoms with Gasteiger partial charge in [0.05, 0.1) is 24.6 Å². The summed E-state index contributed by atoms with van der Waals surface area (Å²) in [6, 6.07) is 1.96. The Morgan fingerprint density at radius 1 is 1.62 bits per heavy atom. The first-order valence-electron chi connectivity index (χ1n) is 5.56. The van der Waals surface area contributed by atoms with E-state index < -0.39 is 5.60 Å². The highest BCUT2D eigenvalue weighted by Gasteiger charge is 2.43. The van der Waals surface area contributed by atoms with E-state index >= 15 is 0 Å². The van der Waals surface area contributed by atoms with Crippen LogP contribution in [0.4, 0.5) is 0 Å². The van der Waals surface area contributed by atoms with Crippen LogP contribution in [0.15, 0.2) is 0 Å². The zero-order valence-corrected chi connectivity index (χ0v) is 9.86. The van der Waals surface area contributed by atoms with Crippen molar-refractivity contribution in [2.45, 2.75) is 25.9 Å². The number of β-amino-alcohol motifs (C(OH)–C–C–N with tert-alkyl or cyclic N) is 1. The smallest absolute Gasteiger partial charge is 0.234 e. The lowest BCUT2D eigenvalue weighted by Gasteiger charge is -2.48. The van der Waals surface area contributed by atoms with Crippen LogP contribution in [0.5, 0.6) is 0 Å². The molecule has 1 heterocycles. The van der Waals surface area contributed by atoms with Gasteiger partial charge in [0.25, 0.3) is 0 Å². The molecule has 16 heavy (non-hydrogen) atoms. The third-order valence-corrected chi connectivity index (χ3v) is 3.00. The quantitative estimate of drug-likeness (QED) is 0.631. The molecule has 1 fully saturated rings. The molecular formula is C11H19N3O2. The molecule has 5 heteroatoms. The maximum absolute atomic E-state index is 11.4. The second-order valence-electron chi connectivity index (χ2n) is 4.66. The number of nitrogens with one attached hydrogen (secondary N) is 1. The predicted octanol–water partition coefficient (Wildman–Crippen LogP) is -0.281. The van der Waals surface area contributed by atoms with E-state index in [1.54, 1.807) is 0 Å². The number of nitrogens with zero attached hydrogens (tertiary/aromatic N) is 2. The number of amides is 1. The van der Waals surface area contributed by atoms with Crippen LogP contribution in [-0.4, -0.2) is 47.7 Å².